The molecule has 5 nitrogen and oxygen atoms in total. The molecule has 0 saturated heterocycles. The SMILES string of the molecule is CCCCCCC(N)(C(=O)O)C(=O)OCC. The number of rotatable bonds is 8. The normalized spacial score (nSPS) is 14.2. The van der Waals surface area contributed by atoms with Crippen LogP contribution in [0.2, 0.25) is 0 Å². The number of carbonyl (C=O) groups excluding carboxylic acids is 1. The third-order valence-corrected chi connectivity index (χ3v) is 2.45. The van der Waals surface area contributed by atoms with E-state index in [-0.39, 0.29) is 13.0 Å². The molecule has 0 saturated carbocycles. The van der Waals surface area contributed by atoms with E-state index < -0.39 is 17.5 Å². The summed E-state index contributed by atoms with van der Waals surface area (Å²) in [5.74, 6) is -2.17. The van der Waals surface area contributed by atoms with Crippen LogP contribution >= 0.6 is 0 Å². The van der Waals surface area contributed by atoms with Gasteiger partial charge in [0, 0.05) is 0 Å². The maximum absolute atomic E-state index is 11.4. The second kappa shape index (κ2) is 7.22. The lowest BCUT2D eigenvalue weighted by atomic mass is 9.93. The van der Waals surface area contributed by atoms with Gasteiger partial charge in [0.15, 0.2) is 0 Å². The number of carbonyl (C=O) groups is 2. The molecule has 3 N–H and O–H groups in total. The zero-order valence-corrected chi connectivity index (χ0v) is 9.99. The summed E-state index contributed by atoms with van der Waals surface area (Å²) in [4.78, 5) is 22.4. The van der Waals surface area contributed by atoms with E-state index in [2.05, 4.69) is 11.7 Å². The zero-order chi connectivity index (χ0) is 12.6. The Bertz CT molecular complexity index is 242. The molecule has 0 aromatic heterocycles. The Labute approximate surface area is 96.0 Å². The Morgan fingerprint density at radius 1 is 1.25 bits per heavy atom. The highest BCUT2D eigenvalue weighted by Gasteiger charge is 2.43. The van der Waals surface area contributed by atoms with Gasteiger partial charge in [-0.1, -0.05) is 32.6 Å². The average molecular weight is 231 g/mol. The second-order valence-electron chi connectivity index (χ2n) is 3.81. The van der Waals surface area contributed by atoms with Crippen LogP contribution in [0, 0.1) is 0 Å². The first kappa shape index (κ1) is 14.9. The first-order chi connectivity index (χ1) is 7.49. The van der Waals surface area contributed by atoms with Crippen molar-refractivity contribution in [3.63, 3.8) is 0 Å². The molecule has 0 heterocycles. The zero-order valence-electron chi connectivity index (χ0n) is 9.99. The topological polar surface area (TPSA) is 89.6 Å². The molecule has 0 amide bonds. The highest BCUT2D eigenvalue weighted by atomic mass is 16.5. The third-order valence-electron chi connectivity index (χ3n) is 2.45. The van der Waals surface area contributed by atoms with Crippen molar-refractivity contribution in [2.24, 2.45) is 5.73 Å². The van der Waals surface area contributed by atoms with Crippen molar-refractivity contribution in [2.75, 3.05) is 6.61 Å². The molecule has 94 valence electrons. The van der Waals surface area contributed by atoms with E-state index >= 15 is 0 Å². The van der Waals surface area contributed by atoms with Gasteiger partial charge in [-0.3, -0.25) is 0 Å². The van der Waals surface area contributed by atoms with Gasteiger partial charge in [-0.25, -0.2) is 9.59 Å². The van der Waals surface area contributed by atoms with Gasteiger partial charge in [0.05, 0.1) is 6.61 Å². The summed E-state index contributed by atoms with van der Waals surface area (Å²) >= 11 is 0. The molecule has 16 heavy (non-hydrogen) atoms. The van der Waals surface area contributed by atoms with Crippen LogP contribution < -0.4 is 5.73 Å². The van der Waals surface area contributed by atoms with Gasteiger partial charge < -0.3 is 15.6 Å². The van der Waals surface area contributed by atoms with E-state index in [9.17, 15) is 9.59 Å². The largest absolute Gasteiger partial charge is 0.479 e. The Balaban J connectivity index is 4.34. The molecule has 0 rings (SSSR count). The fourth-order valence-corrected chi connectivity index (χ4v) is 1.39. The van der Waals surface area contributed by atoms with Crippen LogP contribution in [-0.2, 0) is 14.3 Å². The van der Waals surface area contributed by atoms with Crippen LogP contribution in [0.4, 0.5) is 0 Å². The van der Waals surface area contributed by atoms with Crippen LogP contribution in [0.15, 0.2) is 0 Å². The minimum atomic E-state index is -1.89. The van der Waals surface area contributed by atoms with Crippen molar-refractivity contribution in [1.29, 1.82) is 0 Å². The van der Waals surface area contributed by atoms with Crippen molar-refractivity contribution >= 4 is 11.9 Å². The van der Waals surface area contributed by atoms with Gasteiger partial charge in [-0.05, 0) is 13.3 Å². The summed E-state index contributed by atoms with van der Waals surface area (Å²) in [7, 11) is 0. The predicted octanol–water partition coefficient (Wildman–Crippen LogP) is 1.30. The highest BCUT2D eigenvalue weighted by molar-refractivity contribution is 6.03. The van der Waals surface area contributed by atoms with Gasteiger partial charge in [-0.2, -0.15) is 0 Å². The van der Waals surface area contributed by atoms with Crippen LogP contribution in [0.3, 0.4) is 0 Å². The summed E-state index contributed by atoms with van der Waals surface area (Å²) in [6.07, 6.45) is 3.68. The number of hydrogen-bond acceptors (Lipinski definition) is 4. The van der Waals surface area contributed by atoms with Gasteiger partial charge >= 0.3 is 11.9 Å². The van der Waals surface area contributed by atoms with Crippen molar-refractivity contribution in [2.45, 2.75) is 51.5 Å². The summed E-state index contributed by atoms with van der Waals surface area (Å²) < 4.78 is 4.68. The number of ether oxygens (including phenoxy) is 1. The molecule has 0 radical (unpaired) electrons. The van der Waals surface area contributed by atoms with Gasteiger partial charge in [-0.15, -0.1) is 0 Å². The van der Waals surface area contributed by atoms with E-state index in [0.717, 1.165) is 19.3 Å². The lowest BCUT2D eigenvalue weighted by Gasteiger charge is -2.22. The molecular weight excluding hydrogens is 210 g/mol. The van der Waals surface area contributed by atoms with Crippen molar-refractivity contribution in [1.82, 2.24) is 0 Å². The van der Waals surface area contributed by atoms with Crippen LogP contribution in [0.5, 0.6) is 0 Å². The molecular formula is C11H21NO4. The molecule has 0 aliphatic heterocycles. The Morgan fingerprint density at radius 3 is 2.31 bits per heavy atom. The smallest absolute Gasteiger partial charge is 0.337 e. The number of hydrogen-bond donors (Lipinski definition) is 2. The standard InChI is InChI=1S/C11H21NO4/c1-3-5-6-7-8-11(12,9(13)14)10(15)16-4-2/h3-8,12H2,1-2H3,(H,13,14). The van der Waals surface area contributed by atoms with Crippen molar-refractivity contribution in [3.8, 4) is 0 Å². The number of esters is 1. The van der Waals surface area contributed by atoms with Crippen molar-refractivity contribution in [3.05, 3.63) is 0 Å². The Kier molecular flexibility index (Phi) is 6.72. The third kappa shape index (κ3) is 4.18. The predicted molar refractivity (Wildman–Crippen MR) is 59.9 cm³/mol. The fourth-order valence-electron chi connectivity index (χ4n) is 1.39. The molecule has 0 aliphatic rings. The van der Waals surface area contributed by atoms with Gasteiger partial charge in [0.1, 0.15) is 0 Å². The lowest BCUT2D eigenvalue weighted by molar-refractivity contribution is -0.161. The summed E-state index contributed by atoms with van der Waals surface area (Å²) in [5, 5.41) is 8.96. The van der Waals surface area contributed by atoms with E-state index in [0.29, 0.717) is 6.42 Å². The molecule has 0 aromatic carbocycles. The second-order valence-corrected chi connectivity index (χ2v) is 3.81. The number of aliphatic carboxylic acids is 1. The number of nitrogens with two attached hydrogens (primary N) is 1. The Morgan fingerprint density at radius 2 is 1.88 bits per heavy atom. The molecule has 0 bridgehead atoms. The maximum Gasteiger partial charge on any atom is 0.337 e. The molecule has 0 aromatic rings. The summed E-state index contributed by atoms with van der Waals surface area (Å²) in [6, 6.07) is 0. The van der Waals surface area contributed by atoms with Crippen LogP contribution in [0.25, 0.3) is 0 Å². The molecule has 0 spiro atoms. The summed E-state index contributed by atoms with van der Waals surface area (Å²) in [6.45, 7) is 3.81. The van der Waals surface area contributed by atoms with E-state index in [1.54, 1.807) is 6.92 Å². The number of carboxylic acid groups (broad SMARTS) is 1. The summed E-state index contributed by atoms with van der Waals surface area (Å²) in [5.41, 5.74) is 3.69. The molecule has 1 atom stereocenters. The lowest BCUT2D eigenvalue weighted by Crippen LogP contribution is -2.55. The molecule has 5 heteroatoms. The van der Waals surface area contributed by atoms with Gasteiger partial charge in [0.2, 0.25) is 5.54 Å². The Hall–Kier alpha value is -1.10. The molecule has 1 unspecified atom stereocenters. The fraction of sp³-hybridized carbons (Fsp3) is 0.818. The monoisotopic (exact) mass is 231 g/mol. The number of unbranched alkanes of at least 4 members (excludes halogenated alkanes) is 3. The number of carboxylic acids is 1. The maximum atomic E-state index is 11.4. The van der Waals surface area contributed by atoms with E-state index in [1.807, 2.05) is 0 Å². The first-order valence-electron chi connectivity index (χ1n) is 5.68. The highest BCUT2D eigenvalue weighted by Crippen LogP contribution is 2.15. The van der Waals surface area contributed by atoms with Gasteiger partial charge in [0.25, 0.3) is 0 Å². The minimum Gasteiger partial charge on any atom is -0.479 e. The van der Waals surface area contributed by atoms with E-state index in [1.165, 1.54) is 0 Å². The van der Waals surface area contributed by atoms with Crippen LogP contribution in [-0.4, -0.2) is 29.2 Å². The van der Waals surface area contributed by atoms with Crippen LogP contribution in [0.1, 0.15) is 46.0 Å². The van der Waals surface area contributed by atoms with Crippen molar-refractivity contribution < 1.29 is 19.4 Å². The molecule has 0 fully saturated rings. The average Bonchev–Trinajstić information content (AvgIpc) is 2.24. The van der Waals surface area contributed by atoms with E-state index in [4.69, 9.17) is 10.8 Å². The first-order valence-corrected chi connectivity index (χ1v) is 5.68. The molecule has 0 aliphatic carbocycles. The quantitative estimate of drug-likeness (QED) is 0.373. The minimum absolute atomic E-state index is 0.126.